The number of nitrogens with one attached hydrogen (secondary N) is 1. The lowest BCUT2D eigenvalue weighted by Crippen LogP contribution is -2.14. The molecule has 1 aromatic carbocycles. The number of amides is 1. The van der Waals surface area contributed by atoms with E-state index in [1.807, 2.05) is 38.3 Å². The third-order valence-electron chi connectivity index (χ3n) is 3.26. The van der Waals surface area contributed by atoms with Crippen LogP contribution in [0.3, 0.4) is 0 Å². The summed E-state index contributed by atoms with van der Waals surface area (Å²) in [6.07, 6.45) is 2.34. The zero-order valence-corrected chi connectivity index (χ0v) is 15.1. The van der Waals surface area contributed by atoms with Crippen molar-refractivity contribution in [1.29, 1.82) is 0 Å². The van der Waals surface area contributed by atoms with E-state index in [9.17, 15) is 4.79 Å². The molecule has 0 saturated carbocycles. The van der Waals surface area contributed by atoms with E-state index in [-0.39, 0.29) is 5.91 Å². The Hall–Kier alpha value is -1.78. The Bertz CT molecular complexity index is 718. The smallest absolute Gasteiger partial charge is 0.228 e. The van der Waals surface area contributed by atoms with Gasteiger partial charge in [0, 0.05) is 16.6 Å². The van der Waals surface area contributed by atoms with E-state index in [1.165, 1.54) is 10.5 Å². The van der Waals surface area contributed by atoms with E-state index in [4.69, 9.17) is 16.3 Å². The molecular weight excluding hydrogens is 330 g/mol. The van der Waals surface area contributed by atoms with Gasteiger partial charge in [-0.3, -0.25) is 4.79 Å². The summed E-state index contributed by atoms with van der Waals surface area (Å²) in [7, 11) is 0. The first-order valence-corrected chi connectivity index (χ1v) is 8.60. The van der Waals surface area contributed by atoms with E-state index in [0.29, 0.717) is 29.5 Å². The van der Waals surface area contributed by atoms with Crippen molar-refractivity contribution in [2.24, 2.45) is 0 Å². The summed E-state index contributed by atoms with van der Waals surface area (Å²) in [6, 6.07) is 7.23. The molecule has 1 aromatic heterocycles. The van der Waals surface area contributed by atoms with Crippen molar-refractivity contribution in [1.82, 2.24) is 0 Å². The molecule has 0 aliphatic heterocycles. The molecule has 0 bridgehead atoms. The van der Waals surface area contributed by atoms with Gasteiger partial charge in [0.25, 0.3) is 0 Å². The third kappa shape index (κ3) is 5.41. The van der Waals surface area contributed by atoms with Gasteiger partial charge in [0.15, 0.2) is 0 Å². The molecule has 2 aromatic rings. The predicted molar refractivity (Wildman–Crippen MR) is 97.8 cm³/mol. The van der Waals surface area contributed by atoms with Crippen LogP contribution in [0.25, 0.3) is 0 Å². The SMILES string of the molecule is CC(C)=CCOc1cc(NC(=O)Cc2ccsc2C)ccc1Cl. The number of carbonyl (C=O) groups excluding carboxylic acids is 1. The van der Waals surface area contributed by atoms with Crippen LogP contribution in [0.2, 0.25) is 5.02 Å². The van der Waals surface area contributed by atoms with Gasteiger partial charge < -0.3 is 10.1 Å². The Kier molecular flexibility index (Phi) is 6.25. The van der Waals surface area contributed by atoms with Gasteiger partial charge in [-0.15, -0.1) is 11.3 Å². The highest BCUT2D eigenvalue weighted by atomic mass is 35.5. The van der Waals surface area contributed by atoms with Gasteiger partial charge in [0.1, 0.15) is 12.4 Å². The molecule has 0 radical (unpaired) electrons. The molecule has 0 aliphatic rings. The zero-order valence-electron chi connectivity index (χ0n) is 13.5. The molecule has 0 fully saturated rings. The second-order valence-electron chi connectivity index (χ2n) is 5.46. The Balaban J connectivity index is 2.01. The fraction of sp³-hybridized carbons (Fsp3) is 0.278. The van der Waals surface area contributed by atoms with Crippen molar-refractivity contribution in [3.63, 3.8) is 0 Å². The maximum Gasteiger partial charge on any atom is 0.228 e. The molecule has 0 saturated heterocycles. The van der Waals surface area contributed by atoms with Crippen LogP contribution in [0.5, 0.6) is 5.75 Å². The number of hydrogen-bond acceptors (Lipinski definition) is 3. The van der Waals surface area contributed by atoms with Crippen LogP contribution in [0.4, 0.5) is 5.69 Å². The molecule has 0 atom stereocenters. The maximum absolute atomic E-state index is 12.1. The topological polar surface area (TPSA) is 38.3 Å². The van der Waals surface area contributed by atoms with Crippen LogP contribution in [0.1, 0.15) is 24.3 Å². The second-order valence-corrected chi connectivity index (χ2v) is 6.99. The number of aryl methyl sites for hydroxylation is 1. The van der Waals surface area contributed by atoms with E-state index in [2.05, 4.69) is 5.32 Å². The largest absolute Gasteiger partial charge is 0.488 e. The molecule has 2 rings (SSSR count). The van der Waals surface area contributed by atoms with E-state index in [0.717, 1.165) is 5.56 Å². The first kappa shape index (κ1) is 17.6. The average Bonchev–Trinajstić information content (AvgIpc) is 2.87. The number of carbonyl (C=O) groups is 1. The van der Waals surface area contributed by atoms with Crippen LogP contribution in [-0.4, -0.2) is 12.5 Å². The van der Waals surface area contributed by atoms with Crippen LogP contribution in [-0.2, 0) is 11.2 Å². The molecular formula is C18H20ClNO2S. The summed E-state index contributed by atoms with van der Waals surface area (Å²) in [4.78, 5) is 13.3. The summed E-state index contributed by atoms with van der Waals surface area (Å²) in [5, 5.41) is 5.41. The normalized spacial score (nSPS) is 10.3. The Labute approximate surface area is 145 Å². The maximum atomic E-state index is 12.1. The number of rotatable bonds is 6. The number of benzene rings is 1. The minimum absolute atomic E-state index is 0.0518. The van der Waals surface area contributed by atoms with Gasteiger partial charge in [-0.1, -0.05) is 17.2 Å². The molecule has 1 amide bonds. The highest BCUT2D eigenvalue weighted by Crippen LogP contribution is 2.28. The number of ether oxygens (including phenoxy) is 1. The van der Waals surface area contributed by atoms with Crippen LogP contribution in [0, 0.1) is 6.92 Å². The summed E-state index contributed by atoms with van der Waals surface area (Å²) in [5.74, 6) is 0.512. The predicted octanol–water partition coefficient (Wildman–Crippen LogP) is 5.24. The van der Waals surface area contributed by atoms with Crippen molar-refractivity contribution in [2.75, 3.05) is 11.9 Å². The van der Waals surface area contributed by atoms with Crippen molar-refractivity contribution >= 4 is 34.5 Å². The van der Waals surface area contributed by atoms with Crippen LogP contribution < -0.4 is 10.1 Å². The lowest BCUT2D eigenvalue weighted by atomic mass is 10.2. The van der Waals surface area contributed by atoms with Crippen molar-refractivity contribution in [3.8, 4) is 5.75 Å². The lowest BCUT2D eigenvalue weighted by Gasteiger charge is -2.10. The minimum atomic E-state index is -0.0518. The Morgan fingerprint density at radius 1 is 1.35 bits per heavy atom. The number of allylic oxidation sites excluding steroid dienone is 1. The second kappa shape index (κ2) is 8.18. The molecule has 0 unspecified atom stereocenters. The standard InChI is InChI=1S/C18H20ClNO2S/c1-12(2)6-8-22-17-11-15(4-5-16(17)19)20-18(21)10-14-7-9-23-13(14)3/h4-7,9,11H,8,10H2,1-3H3,(H,20,21). The summed E-state index contributed by atoms with van der Waals surface area (Å²) in [6.45, 7) is 6.49. The fourth-order valence-corrected chi connectivity index (χ4v) is 2.86. The number of halogens is 1. The Morgan fingerprint density at radius 3 is 2.78 bits per heavy atom. The van der Waals surface area contributed by atoms with Gasteiger partial charge in [-0.25, -0.2) is 0 Å². The number of anilines is 1. The molecule has 122 valence electrons. The van der Waals surface area contributed by atoms with Crippen molar-refractivity contribution < 1.29 is 9.53 Å². The van der Waals surface area contributed by atoms with Gasteiger partial charge in [0.05, 0.1) is 11.4 Å². The summed E-state index contributed by atoms with van der Waals surface area (Å²) in [5.41, 5.74) is 2.91. The van der Waals surface area contributed by atoms with E-state index in [1.54, 1.807) is 29.5 Å². The van der Waals surface area contributed by atoms with E-state index >= 15 is 0 Å². The molecule has 5 heteroatoms. The quantitative estimate of drug-likeness (QED) is 0.724. The summed E-state index contributed by atoms with van der Waals surface area (Å²) >= 11 is 7.77. The number of hydrogen-bond donors (Lipinski definition) is 1. The summed E-state index contributed by atoms with van der Waals surface area (Å²) < 4.78 is 5.64. The third-order valence-corrected chi connectivity index (χ3v) is 4.46. The average molecular weight is 350 g/mol. The Morgan fingerprint density at radius 2 is 2.13 bits per heavy atom. The molecule has 0 spiro atoms. The van der Waals surface area contributed by atoms with Crippen molar-refractivity contribution in [2.45, 2.75) is 27.2 Å². The monoisotopic (exact) mass is 349 g/mol. The van der Waals surface area contributed by atoms with Crippen molar-refractivity contribution in [3.05, 3.63) is 56.8 Å². The van der Waals surface area contributed by atoms with Gasteiger partial charge in [0.2, 0.25) is 5.91 Å². The van der Waals surface area contributed by atoms with Crippen LogP contribution >= 0.6 is 22.9 Å². The zero-order chi connectivity index (χ0) is 16.8. The molecule has 0 aliphatic carbocycles. The minimum Gasteiger partial charge on any atom is -0.488 e. The molecule has 23 heavy (non-hydrogen) atoms. The first-order chi connectivity index (χ1) is 11.0. The van der Waals surface area contributed by atoms with Gasteiger partial charge >= 0.3 is 0 Å². The van der Waals surface area contributed by atoms with Gasteiger partial charge in [-0.2, -0.15) is 0 Å². The molecule has 1 heterocycles. The number of thiophene rings is 1. The fourth-order valence-electron chi connectivity index (χ4n) is 1.96. The molecule has 3 nitrogen and oxygen atoms in total. The molecule has 1 N–H and O–H groups in total. The highest BCUT2D eigenvalue weighted by molar-refractivity contribution is 7.10. The highest BCUT2D eigenvalue weighted by Gasteiger charge is 2.09. The first-order valence-electron chi connectivity index (χ1n) is 7.34. The van der Waals surface area contributed by atoms with E-state index < -0.39 is 0 Å². The van der Waals surface area contributed by atoms with Gasteiger partial charge in [-0.05, 0) is 56.0 Å². The van der Waals surface area contributed by atoms with Crippen LogP contribution in [0.15, 0.2) is 41.3 Å². The lowest BCUT2D eigenvalue weighted by molar-refractivity contribution is -0.115.